The van der Waals surface area contributed by atoms with Gasteiger partial charge in [-0.1, -0.05) is 6.92 Å². The summed E-state index contributed by atoms with van der Waals surface area (Å²) in [4.78, 5) is 50.7. The maximum absolute atomic E-state index is 12.9. The van der Waals surface area contributed by atoms with E-state index in [0.29, 0.717) is 18.0 Å². The second-order valence-corrected chi connectivity index (χ2v) is 6.77. The second-order valence-electron chi connectivity index (χ2n) is 5.83. The average molecular weight is 422 g/mol. The summed E-state index contributed by atoms with van der Waals surface area (Å²) in [5.74, 6) is -1.18. The molecular weight excluding hydrogens is 404 g/mol. The first kappa shape index (κ1) is 21.9. The molecule has 154 valence electrons. The number of nitro groups is 2. The molecule has 1 aromatic heterocycles. The minimum atomic E-state index is -0.791. The van der Waals surface area contributed by atoms with Gasteiger partial charge in [0, 0.05) is 24.1 Å². The number of nitro benzene ring substituents is 2. The number of hydrogen-bond donors (Lipinski definition) is 0. The Bertz CT molecular complexity index is 911. The highest BCUT2D eigenvalue weighted by Crippen LogP contribution is 2.24. The van der Waals surface area contributed by atoms with Crippen LogP contribution in [-0.4, -0.2) is 44.8 Å². The van der Waals surface area contributed by atoms with Crippen molar-refractivity contribution in [3.63, 3.8) is 0 Å². The topological polar surface area (TPSA) is 146 Å². The van der Waals surface area contributed by atoms with Crippen molar-refractivity contribution in [2.75, 3.05) is 13.2 Å². The molecule has 0 aliphatic carbocycles. The van der Waals surface area contributed by atoms with E-state index in [2.05, 4.69) is 4.98 Å². The number of amides is 1. The van der Waals surface area contributed by atoms with Crippen LogP contribution < -0.4 is 0 Å². The fraction of sp³-hybridized carbons (Fsp3) is 0.353. The highest BCUT2D eigenvalue weighted by molar-refractivity contribution is 7.09. The van der Waals surface area contributed by atoms with E-state index in [9.17, 15) is 29.8 Å². The highest BCUT2D eigenvalue weighted by atomic mass is 32.1. The van der Waals surface area contributed by atoms with Gasteiger partial charge < -0.3 is 9.64 Å². The fourth-order valence-electron chi connectivity index (χ4n) is 2.48. The van der Waals surface area contributed by atoms with Gasteiger partial charge in [0.2, 0.25) is 0 Å². The summed E-state index contributed by atoms with van der Waals surface area (Å²) in [5, 5.41) is 24.1. The standard InChI is InChI=1S/C17H18N4O7S/c1-3-5-19(9-15-18-14(10-29-15)17(23)28-4-2)16(22)11-6-12(20(24)25)8-13(7-11)21(26)27/h6-8,10H,3-5,9H2,1-2H3. The van der Waals surface area contributed by atoms with Crippen LogP contribution in [0.3, 0.4) is 0 Å². The number of benzene rings is 1. The van der Waals surface area contributed by atoms with Crippen molar-refractivity contribution in [1.82, 2.24) is 9.88 Å². The van der Waals surface area contributed by atoms with E-state index in [0.717, 1.165) is 29.5 Å². The molecule has 0 radical (unpaired) electrons. The van der Waals surface area contributed by atoms with Crippen LogP contribution in [0.1, 0.15) is 46.1 Å². The largest absolute Gasteiger partial charge is 0.461 e. The Morgan fingerprint density at radius 1 is 1.14 bits per heavy atom. The molecule has 0 saturated carbocycles. The van der Waals surface area contributed by atoms with Crippen LogP contribution in [0, 0.1) is 20.2 Å². The summed E-state index contributed by atoms with van der Waals surface area (Å²) in [6.45, 7) is 4.06. The molecule has 0 aliphatic heterocycles. The van der Waals surface area contributed by atoms with Crippen molar-refractivity contribution >= 4 is 34.6 Å². The first-order chi connectivity index (χ1) is 13.8. The van der Waals surface area contributed by atoms with Gasteiger partial charge in [-0.25, -0.2) is 9.78 Å². The van der Waals surface area contributed by atoms with Crippen LogP contribution in [0.2, 0.25) is 0 Å². The van der Waals surface area contributed by atoms with Crippen LogP contribution in [0.4, 0.5) is 11.4 Å². The van der Waals surface area contributed by atoms with Crippen molar-refractivity contribution in [2.24, 2.45) is 0 Å². The first-order valence-electron chi connectivity index (χ1n) is 8.61. The Balaban J connectivity index is 2.31. The van der Waals surface area contributed by atoms with Crippen LogP contribution in [-0.2, 0) is 11.3 Å². The smallest absolute Gasteiger partial charge is 0.357 e. The number of carbonyl (C=O) groups excluding carboxylic acids is 2. The maximum atomic E-state index is 12.9. The minimum absolute atomic E-state index is 0.0488. The number of rotatable bonds is 9. The van der Waals surface area contributed by atoms with Crippen molar-refractivity contribution in [3.05, 3.63) is 60.1 Å². The molecule has 0 spiro atoms. The molecule has 1 amide bonds. The van der Waals surface area contributed by atoms with Crippen molar-refractivity contribution < 1.29 is 24.2 Å². The van der Waals surface area contributed by atoms with Crippen LogP contribution in [0.25, 0.3) is 0 Å². The molecule has 1 heterocycles. The van der Waals surface area contributed by atoms with Crippen molar-refractivity contribution in [1.29, 1.82) is 0 Å². The monoisotopic (exact) mass is 422 g/mol. The molecule has 0 bridgehead atoms. The molecular formula is C17H18N4O7S. The van der Waals surface area contributed by atoms with E-state index in [1.165, 1.54) is 10.3 Å². The molecule has 0 unspecified atom stereocenters. The summed E-state index contributed by atoms with van der Waals surface area (Å²) < 4.78 is 4.88. The lowest BCUT2D eigenvalue weighted by atomic mass is 10.1. The molecule has 12 heteroatoms. The predicted molar refractivity (Wildman–Crippen MR) is 103 cm³/mol. The number of nitrogens with zero attached hydrogens (tertiary/aromatic N) is 4. The lowest BCUT2D eigenvalue weighted by molar-refractivity contribution is -0.394. The van der Waals surface area contributed by atoms with E-state index >= 15 is 0 Å². The number of thiazole rings is 1. The number of ether oxygens (including phenoxy) is 1. The summed E-state index contributed by atoms with van der Waals surface area (Å²) in [6.07, 6.45) is 0.582. The van der Waals surface area contributed by atoms with Gasteiger partial charge >= 0.3 is 5.97 Å². The zero-order chi connectivity index (χ0) is 21.6. The Kier molecular flexibility index (Phi) is 7.31. The highest BCUT2D eigenvalue weighted by Gasteiger charge is 2.24. The average Bonchev–Trinajstić information content (AvgIpc) is 3.15. The quantitative estimate of drug-likeness (QED) is 0.340. The zero-order valence-electron chi connectivity index (χ0n) is 15.7. The minimum Gasteiger partial charge on any atom is -0.461 e. The number of esters is 1. The molecule has 1 aromatic carbocycles. The Morgan fingerprint density at radius 2 is 1.76 bits per heavy atom. The third-order valence-electron chi connectivity index (χ3n) is 3.71. The molecule has 0 N–H and O–H groups in total. The van der Waals surface area contributed by atoms with Crippen molar-refractivity contribution in [2.45, 2.75) is 26.8 Å². The number of non-ortho nitro benzene ring substituents is 2. The van der Waals surface area contributed by atoms with Gasteiger partial charge in [0.15, 0.2) is 5.69 Å². The van der Waals surface area contributed by atoms with Crippen LogP contribution >= 0.6 is 11.3 Å². The van der Waals surface area contributed by atoms with E-state index in [-0.39, 0.29) is 24.4 Å². The maximum Gasteiger partial charge on any atom is 0.357 e. The van der Waals surface area contributed by atoms with Gasteiger partial charge in [0.05, 0.1) is 34.6 Å². The second kappa shape index (κ2) is 9.68. The van der Waals surface area contributed by atoms with Gasteiger partial charge in [-0.05, 0) is 13.3 Å². The Hall–Kier alpha value is -3.41. The first-order valence-corrected chi connectivity index (χ1v) is 9.49. The number of carbonyl (C=O) groups is 2. The van der Waals surface area contributed by atoms with E-state index < -0.39 is 33.1 Å². The van der Waals surface area contributed by atoms with Gasteiger partial charge in [-0.2, -0.15) is 0 Å². The molecule has 11 nitrogen and oxygen atoms in total. The fourth-order valence-corrected chi connectivity index (χ4v) is 3.26. The van der Waals surface area contributed by atoms with E-state index in [4.69, 9.17) is 4.74 Å². The summed E-state index contributed by atoms with van der Waals surface area (Å²) >= 11 is 1.16. The van der Waals surface area contributed by atoms with Gasteiger partial charge in [0.1, 0.15) is 5.01 Å². The third kappa shape index (κ3) is 5.54. The molecule has 0 fully saturated rings. The predicted octanol–water partition coefficient (Wildman–Crippen LogP) is 3.19. The molecule has 2 rings (SSSR count). The van der Waals surface area contributed by atoms with Crippen LogP contribution in [0.5, 0.6) is 0 Å². The molecule has 2 aromatic rings. The zero-order valence-corrected chi connectivity index (χ0v) is 16.5. The third-order valence-corrected chi connectivity index (χ3v) is 4.55. The molecule has 0 aliphatic rings. The van der Waals surface area contributed by atoms with Gasteiger partial charge in [-0.3, -0.25) is 25.0 Å². The van der Waals surface area contributed by atoms with E-state index in [1.54, 1.807) is 6.92 Å². The summed E-state index contributed by atoms with van der Waals surface area (Å²) in [6, 6.07) is 2.81. The molecule has 0 atom stereocenters. The summed E-state index contributed by atoms with van der Waals surface area (Å²) in [5.41, 5.74) is -1.13. The number of aromatic nitrogens is 1. The van der Waals surface area contributed by atoms with Crippen LogP contribution in [0.15, 0.2) is 23.6 Å². The SMILES string of the molecule is CCCN(Cc1nc(C(=O)OCC)cs1)C(=O)c1cc([N+](=O)[O-])cc([N+](=O)[O-])c1. The number of hydrogen-bond acceptors (Lipinski definition) is 9. The van der Waals surface area contributed by atoms with Gasteiger partial charge in [-0.15, -0.1) is 11.3 Å². The molecule has 29 heavy (non-hydrogen) atoms. The van der Waals surface area contributed by atoms with Crippen molar-refractivity contribution in [3.8, 4) is 0 Å². The van der Waals surface area contributed by atoms with E-state index in [1.807, 2.05) is 6.92 Å². The summed E-state index contributed by atoms with van der Waals surface area (Å²) in [7, 11) is 0. The Morgan fingerprint density at radius 3 is 2.28 bits per heavy atom. The lowest BCUT2D eigenvalue weighted by Crippen LogP contribution is -2.31. The Labute approximate surface area is 169 Å². The normalized spacial score (nSPS) is 10.4. The molecule has 0 saturated heterocycles. The lowest BCUT2D eigenvalue weighted by Gasteiger charge is -2.21. The van der Waals surface area contributed by atoms with Gasteiger partial charge in [0.25, 0.3) is 17.3 Å².